The van der Waals surface area contributed by atoms with E-state index in [4.69, 9.17) is 0 Å². The lowest BCUT2D eigenvalue weighted by atomic mass is 10.2. The van der Waals surface area contributed by atoms with Gasteiger partial charge in [0.25, 0.3) is 0 Å². The number of nitrogens with one attached hydrogen (secondary N) is 2. The molecule has 1 aromatic rings. The Bertz CT molecular complexity index is 507. The Morgan fingerprint density at radius 2 is 2.11 bits per heavy atom. The molecule has 18 heavy (non-hydrogen) atoms. The second kappa shape index (κ2) is 5.96. The number of sulfonamides is 1. The Morgan fingerprint density at radius 3 is 2.61 bits per heavy atom. The quantitative estimate of drug-likeness (QED) is 0.682. The van der Waals surface area contributed by atoms with Crippen LogP contribution in [0.25, 0.3) is 0 Å². The van der Waals surface area contributed by atoms with Gasteiger partial charge >= 0.3 is 0 Å². The molecule has 0 radical (unpaired) electrons. The van der Waals surface area contributed by atoms with E-state index in [-0.39, 0.29) is 29.8 Å². The van der Waals surface area contributed by atoms with Gasteiger partial charge in [-0.05, 0) is 0 Å². The predicted molar refractivity (Wildman–Crippen MR) is 66.2 cm³/mol. The van der Waals surface area contributed by atoms with Gasteiger partial charge in [0.2, 0.25) is 15.9 Å². The van der Waals surface area contributed by atoms with Crippen molar-refractivity contribution in [3.8, 4) is 0 Å². The minimum atomic E-state index is -3.54. The Labute approximate surface area is 107 Å². The summed E-state index contributed by atoms with van der Waals surface area (Å²) in [7, 11) is -1.90. The smallest absolute Gasteiger partial charge is 0.243 e. The van der Waals surface area contributed by atoms with E-state index in [1.54, 1.807) is 20.9 Å². The minimum absolute atomic E-state index is 0.101. The molecule has 1 heterocycles. The zero-order chi connectivity index (χ0) is 13.8. The Balaban J connectivity index is 2.42. The van der Waals surface area contributed by atoms with Crippen LogP contribution in [-0.2, 0) is 21.9 Å². The maximum Gasteiger partial charge on any atom is 0.243 e. The van der Waals surface area contributed by atoms with Crippen molar-refractivity contribution >= 4 is 15.9 Å². The number of hydrogen-bond acceptors (Lipinski definition) is 4. The van der Waals surface area contributed by atoms with E-state index in [9.17, 15) is 13.2 Å². The number of rotatable bonds is 6. The van der Waals surface area contributed by atoms with E-state index in [1.165, 1.54) is 17.1 Å². The molecule has 102 valence electrons. The van der Waals surface area contributed by atoms with Crippen LogP contribution in [0.1, 0.15) is 13.8 Å². The third-order valence-electron chi connectivity index (χ3n) is 2.23. The van der Waals surface area contributed by atoms with E-state index in [1.807, 2.05) is 0 Å². The molecule has 1 amide bonds. The molecular formula is C10H18N4O3S. The Morgan fingerprint density at radius 1 is 1.44 bits per heavy atom. The molecule has 0 atom stereocenters. The van der Waals surface area contributed by atoms with Crippen molar-refractivity contribution in [1.82, 2.24) is 19.8 Å². The molecule has 2 N–H and O–H groups in total. The lowest BCUT2D eigenvalue weighted by molar-refractivity contribution is -0.123. The van der Waals surface area contributed by atoms with E-state index < -0.39 is 10.0 Å². The fraction of sp³-hybridized carbons (Fsp3) is 0.600. The molecule has 0 saturated carbocycles. The molecule has 8 heteroatoms. The van der Waals surface area contributed by atoms with Crippen molar-refractivity contribution in [3.05, 3.63) is 12.4 Å². The Hall–Kier alpha value is -1.41. The predicted octanol–water partition coefficient (Wildman–Crippen LogP) is -0.529. The van der Waals surface area contributed by atoms with Crippen molar-refractivity contribution in [2.75, 3.05) is 13.1 Å². The van der Waals surface area contributed by atoms with Crippen LogP contribution in [0, 0.1) is 5.92 Å². The van der Waals surface area contributed by atoms with Gasteiger partial charge in [-0.3, -0.25) is 9.48 Å². The monoisotopic (exact) mass is 274 g/mol. The van der Waals surface area contributed by atoms with Crippen molar-refractivity contribution in [2.24, 2.45) is 13.0 Å². The standard InChI is InChI=1S/C10H18N4O3S/c1-8(2)10(15)11-4-5-13-18(16,17)9-6-12-14(3)7-9/h6-8,13H,4-5H2,1-3H3,(H,11,15). The molecule has 0 aliphatic carbocycles. The van der Waals surface area contributed by atoms with Crippen LogP contribution in [0.15, 0.2) is 17.3 Å². The van der Waals surface area contributed by atoms with Gasteiger partial charge in [-0.25, -0.2) is 13.1 Å². The summed E-state index contributed by atoms with van der Waals surface area (Å²) in [6.07, 6.45) is 2.68. The summed E-state index contributed by atoms with van der Waals surface area (Å²) >= 11 is 0. The molecule has 1 aromatic heterocycles. The third kappa shape index (κ3) is 4.11. The molecule has 0 aliphatic rings. The van der Waals surface area contributed by atoms with Gasteiger partial charge in [0, 0.05) is 32.3 Å². The third-order valence-corrected chi connectivity index (χ3v) is 3.65. The average molecular weight is 274 g/mol. The van der Waals surface area contributed by atoms with Crippen LogP contribution in [0.4, 0.5) is 0 Å². The molecular weight excluding hydrogens is 256 g/mol. The number of nitrogens with zero attached hydrogens (tertiary/aromatic N) is 2. The van der Waals surface area contributed by atoms with Crippen molar-refractivity contribution in [3.63, 3.8) is 0 Å². The average Bonchev–Trinajstić information content (AvgIpc) is 2.71. The molecule has 0 fully saturated rings. The number of carbonyl (C=O) groups excluding carboxylic acids is 1. The highest BCUT2D eigenvalue weighted by molar-refractivity contribution is 7.89. The first kappa shape index (κ1) is 14.7. The number of aromatic nitrogens is 2. The summed E-state index contributed by atoms with van der Waals surface area (Å²) in [6, 6.07) is 0. The molecule has 0 spiro atoms. The summed E-state index contributed by atoms with van der Waals surface area (Å²) in [5, 5.41) is 6.41. The van der Waals surface area contributed by atoms with Crippen molar-refractivity contribution in [1.29, 1.82) is 0 Å². The van der Waals surface area contributed by atoms with E-state index >= 15 is 0 Å². The van der Waals surface area contributed by atoms with E-state index in [2.05, 4.69) is 15.1 Å². The van der Waals surface area contributed by atoms with Crippen LogP contribution in [-0.4, -0.2) is 37.2 Å². The maximum atomic E-state index is 11.7. The van der Waals surface area contributed by atoms with Gasteiger partial charge in [-0.2, -0.15) is 5.10 Å². The van der Waals surface area contributed by atoms with Crippen LogP contribution in [0.5, 0.6) is 0 Å². The highest BCUT2D eigenvalue weighted by Gasteiger charge is 2.15. The number of amides is 1. The lowest BCUT2D eigenvalue weighted by Gasteiger charge is -2.08. The fourth-order valence-electron chi connectivity index (χ4n) is 1.20. The number of carbonyl (C=O) groups is 1. The number of aryl methyl sites for hydroxylation is 1. The summed E-state index contributed by atoms with van der Waals surface area (Å²) in [5.41, 5.74) is 0. The largest absolute Gasteiger partial charge is 0.355 e. The van der Waals surface area contributed by atoms with Gasteiger partial charge in [0.1, 0.15) is 4.90 Å². The summed E-state index contributed by atoms with van der Waals surface area (Å²) in [4.78, 5) is 11.4. The normalized spacial score (nSPS) is 11.8. The van der Waals surface area contributed by atoms with E-state index in [0.29, 0.717) is 0 Å². The fourth-order valence-corrected chi connectivity index (χ4v) is 2.21. The van der Waals surface area contributed by atoms with Crippen LogP contribution in [0.2, 0.25) is 0 Å². The second-order valence-electron chi connectivity index (χ2n) is 4.19. The maximum absolute atomic E-state index is 11.7. The van der Waals surface area contributed by atoms with Crippen LogP contribution < -0.4 is 10.0 Å². The van der Waals surface area contributed by atoms with Gasteiger partial charge < -0.3 is 5.32 Å². The summed E-state index contributed by atoms with van der Waals surface area (Å²) < 4.78 is 27.3. The summed E-state index contributed by atoms with van der Waals surface area (Å²) in [6.45, 7) is 3.95. The SMILES string of the molecule is CC(C)C(=O)NCCNS(=O)(=O)c1cnn(C)c1. The van der Waals surface area contributed by atoms with Gasteiger partial charge in [-0.1, -0.05) is 13.8 Å². The van der Waals surface area contributed by atoms with Crippen LogP contribution >= 0.6 is 0 Å². The zero-order valence-corrected chi connectivity index (χ0v) is 11.5. The second-order valence-corrected chi connectivity index (χ2v) is 5.96. The highest BCUT2D eigenvalue weighted by Crippen LogP contribution is 2.04. The molecule has 0 bridgehead atoms. The topological polar surface area (TPSA) is 93.1 Å². The first-order valence-corrected chi connectivity index (χ1v) is 7.07. The minimum Gasteiger partial charge on any atom is -0.355 e. The Kier molecular flexibility index (Phi) is 4.85. The number of hydrogen-bond donors (Lipinski definition) is 2. The zero-order valence-electron chi connectivity index (χ0n) is 10.7. The van der Waals surface area contributed by atoms with Crippen molar-refractivity contribution < 1.29 is 13.2 Å². The van der Waals surface area contributed by atoms with Gasteiger partial charge in [0.15, 0.2) is 0 Å². The molecule has 1 rings (SSSR count). The molecule has 0 unspecified atom stereocenters. The van der Waals surface area contributed by atoms with E-state index in [0.717, 1.165) is 0 Å². The molecule has 0 aromatic carbocycles. The first-order valence-electron chi connectivity index (χ1n) is 5.59. The highest BCUT2D eigenvalue weighted by atomic mass is 32.2. The molecule has 0 saturated heterocycles. The van der Waals surface area contributed by atoms with Crippen molar-refractivity contribution in [2.45, 2.75) is 18.7 Å². The lowest BCUT2D eigenvalue weighted by Crippen LogP contribution is -2.36. The first-order chi connectivity index (χ1) is 8.33. The summed E-state index contributed by atoms with van der Waals surface area (Å²) in [5.74, 6) is -0.212. The van der Waals surface area contributed by atoms with Crippen LogP contribution in [0.3, 0.4) is 0 Å². The van der Waals surface area contributed by atoms with Gasteiger partial charge in [0.05, 0.1) is 6.20 Å². The molecule has 0 aliphatic heterocycles. The molecule has 7 nitrogen and oxygen atoms in total. The van der Waals surface area contributed by atoms with Gasteiger partial charge in [-0.15, -0.1) is 0 Å².